The summed E-state index contributed by atoms with van der Waals surface area (Å²) in [6.07, 6.45) is 1.44. The number of rotatable bonds is 3. The average molecular weight is 238 g/mol. The molecule has 1 heterocycles. The monoisotopic (exact) mass is 238 g/mol. The van der Waals surface area contributed by atoms with Gasteiger partial charge in [-0.3, -0.25) is 4.79 Å². The topological polar surface area (TPSA) is 69.1 Å². The zero-order chi connectivity index (χ0) is 12.4. The van der Waals surface area contributed by atoms with Gasteiger partial charge in [-0.2, -0.15) is 0 Å². The lowest BCUT2D eigenvalue weighted by molar-refractivity contribution is 0.0991. The number of hydrogen-bond donors (Lipinski definition) is 1. The van der Waals surface area contributed by atoms with E-state index in [2.05, 4.69) is 9.68 Å². The number of nitrogens with zero attached hydrogens (tertiary/aromatic N) is 1. The first-order valence-electron chi connectivity index (χ1n) is 4.75. The smallest absolute Gasteiger partial charge is 0.271 e. The van der Waals surface area contributed by atoms with Crippen molar-refractivity contribution in [3.8, 4) is 0 Å². The Hall–Kier alpha value is -2.24. The molecule has 0 atom stereocenters. The van der Waals surface area contributed by atoms with Crippen molar-refractivity contribution in [2.45, 2.75) is 6.42 Å². The number of amides is 1. The quantitative estimate of drug-likeness (QED) is 0.883. The van der Waals surface area contributed by atoms with E-state index in [9.17, 15) is 13.6 Å². The summed E-state index contributed by atoms with van der Waals surface area (Å²) >= 11 is 0. The molecule has 6 heteroatoms. The van der Waals surface area contributed by atoms with E-state index in [1.54, 1.807) is 0 Å². The zero-order valence-corrected chi connectivity index (χ0v) is 8.61. The molecule has 2 N–H and O–H groups in total. The lowest BCUT2D eigenvalue weighted by Crippen LogP contribution is -2.13. The zero-order valence-electron chi connectivity index (χ0n) is 8.61. The van der Waals surface area contributed by atoms with Crippen LogP contribution in [0.2, 0.25) is 0 Å². The second-order valence-corrected chi connectivity index (χ2v) is 3.48. The van der Waals surface area contributed by atoms with Crippen LogP contribution in [-0.4, -0.2) is 11.1 Å². The summed E-state index contributed by atoms with van der Waals surface area (Å²) < 4.78 is 30.3. The van der Waals surface area contributed by atoms with Gasteiger partial charge in [0.15, 0.2) is 17.3 Å². The first-order valence-corrected chi connectivity index (χ1v) is 4.75. The standard InChI is InChI=1S/C11H8F2N2O2/c12-8-2-1-6(4-9(8)13)3-7-5-17-15-10(7)11(14)16/h1-2,4-5H,3H2,(H2,14,16). The van der Waals surface area contributed by atoms with E-state index in [0.717, 1.165) is 12.1 Å². The average Bonchev–Trinajstić information content (AvgIpc) is 2.72. The highest BCUT2D eigenvalue weighted by Crippen LogP contribution is 2.15. The number of nitrogens with two attached hydrogens (primary N) is 1. The summed E-state index contributed by atoms with van der Waals surface area (Å²) in [5.74, 6) is -2.59. The second-order valence-electron chi connectivity index (χ2n) is 3.48. The molecule has 0 saturated carbocycles. The number of carbonyl (C=O) groups is 1. The molecule has 0 saturated heterocycles. The summed E-state index contributed by atoms with van der Waals surface area (Å²) in [5, 5.41) is 3.43. The maximum atomic E-state index is 13.0. The van der Waals surface area contributed by atoms with Crippen LogP contribution in [0.1, 0.15) is 21.6 Å². The second kappa shape index (κ2) is 4.32. The van der Waals surface area contributed by atoms with Crippen LogP contribution in [0.25, 0.3) is 0 Å². The minimum absolute atomic E-state index is 0.00488. The molecule has 0 aliphatic carbocycles. The largest absolute Gasteiger partial charge is 0.364 e. The molecule has 0 spiro atoms. The molecule has 1 aromatic heterocycles. The molecule has 4 nitrogen and oxygen atoms in total. The summed E-state index contributed by atoms with van der Waals surface area (Å²) in [6, 6.07) is 3.48. The fraction of sp³-hybridized carbons (Fsp3) is 0.0909. The van der Waals surface area contributed by atoms with E-state index < -0.39 is 17.5 Å². The van der Waals surface area contributed by atoms with E-state index >= 15 is 0 Å². The Morgan fingerprint density at radius 2 is 2.12 bits per heavy atom. The molecule has 1 amide bonds. The van der Waals surface area contributed by atoms with Gasteiger partial charge >= 0.3 is 0 Å². The van der Waals surface area contributed by atoms with Crippen LogP contribution >= 0.6 is 0 Å². The van der Waals surface area contributed by atoms with Gasteiger partial charge in [-0.25, -0.2) is 8.78 Å². The van der Waals surface area contributed by atoms with Crippen LogP contribution < -0.4 is 5.73 Å². The van der Waals surface area contributed by atoms with Crippen molar-refractivity contribution < 1.29 is 18.1 Å². The molecule has 0 aliphatic heterocycles. The molecule has 88 valence electrons. The highest BCUT2D eigenvalue weighted by molar-refractivity contribution is 5.92. The Morgan fingerprint density at radius 1 is 1.35 bits per heavy atom. The summed E-state index contributed by atoms with van der Waals surface area (Å²) in [7, 11) is 0. The van der Waals surface area contributed by atoms with E-state index in [-0.39, 0.29) is 12.1 Å². The normalized spacial score (nSPS) is 10.5. The van der Waals surface area contributed by atoms with Crippen molar-refractivity contribution >= 4 is 5.91 Å². The Labute approximate surface area is 95.0 Å². The lowest BCUT2D eigenvalue weighted by Gasteiger charge is -2.00. The van der Waals surface area contributed by atoms with E-state index in [4.69, 9.17) is 5.73 Å². The summed E-state index contributed by atoms with van der Waals surface area (Å²) in [5.41, 5.74) is 6.00. The van der Waals surface area contributed by atoms with Gasteiger partial charge in [-0.05, 0) is 17.7 Å². The van der Waals surface area contributed by atoms with E-state index in [0.29, 0.717) is 11.1 Å². The summed E-state index contributed by atoms with van der Waals surface area (Å²) in [6.45, 7) is 0. The lowest BCUT2D eigenvalue weighted by atomic mass is 10.1. The van der Waals surface area contributed by atoms with Crippen LogP contribution in [0.15, 0.2) is 29.0 Å². The van der Waals surface area contributed by atoms with Crippen LogP contribution in [-0.2, 0) is 6.42 Å². The molecule has 0 unspecified atom stereocenters. The molecule has 1 aromatic carbocycles. The van der Waals surface area contributed by atoms with Crippen LogP contribution in [0.4, 0.5) is 8.78 Å². The maximum Gasteiger partial charge on any atom is 0.271 e. The third kappa shape index (κ3) is 2.30. The van der Waals surface area contributed by atoms with Gasteiger partial charge in [-0.15, -0.1) is 0 Å². The third-order valence-corrected chi connectivity index (χ3v) is 2.26. The predicted octanol–water partition coefficient (Wildman–Crippen LogP) is 1.64. The fourth-order valence-electron chi connectivity index (χ4n) is 1.46. The van der Waals surface area contributed by atoms with Crippen LogP contribution in [0.5, 0.6) is 0 Å². The third-order valence-electron chi connectivity index (χ3n) is 2.26. The first-order chi connectivity index (χ1) is 8.08. The van der Waals surface area contributed by atoms with Crippen molar-refractivity contribution in [2.75, 3.05) is 0 Å². The number of aromatic nitrogens is 1. The van der Waals surface area contributed by atoms with Crippen molar-refractivity contribution in [1.82, 2.24) is 5.16 Å². The van der Waals surface area contributed by atoms with Crippen molar-refractivity contribution in [3.05, 3.63) is 52.9 Å². The van der Waals surface area contributed by atoms with Gasteiger partial charge in [0.05, 0.1) is 0 Å². The fourth-order valence-corrected chi connectivity index (χ4v) is 1.46. The number of hydrogen-bond acceptors (Lipinski definition) is 3. The van der Waals surface area contributed by atoms with Crippen LogP contribution in [0, 0.1) is 11.6 Å². The number of primary amides is 1. The van der Waals surface area contributed by atoms with Gasteiger partial charge in [0.2, 0.25) is 0 Å². The maximum absolute atomic E-state index is 13.0. The van der Waals surface area contributed by atoms with Gasteiger partial charge in [0, 0.05) is 12.0 Å². The molecule has 0 radical (unpaired) electrons. The van der Waals surface area contributed by atoms with Gasteiger partial charge in [-0.1, -0.05) is 11.2 Å². The van der Waals surface area contributed by atoms with Gasteiger partial charge in [0.25, 0.3) is 5.91 Å². The number of benzene rings is 1. The van der Waals surface area contributed by atoms with Gasteiger partial charge in [0.1, 0.15) is 6.26 Å². The van der Waals surface area contributed by atoms with E-state index in [1.165, 1.54) is 12.3 Å². The first kappa shape index (κ1) is 11.3. The summed E-state index contributed by atoms with van der Waals surface area (Å²) in [4.78, 5) is 11.0. The highest BCUT2D eigenvalue weighted by atomic mass is 19.2. The molecule has 0 aliphatic rings. The van der Waals surface area contributed by atoms with Gasteiger partial charge < -0.3 is 10.3 Å². The van der Waals surface area contributed by atoms with E-state index in [1.807, 2.05) is 0 Å². The Kier molecular flexibility index (Phi) is 2.86. The SMILES string of the molecule is NC(=O)c1nocc1Cc1ccc(F)c(F)c1. The predicted molar refractivity (Wildman–Crippen MR) is 54.2 cm³/mol. The molecular weight excluding hydrogens is 230 g/mol. The van der Waals surface area contributed by atoms with Crippen molar-refractivity contribution in [1.29, 1.82) is 0 Å². The van der Waals surface area contributed by atoms with Crippen LogP contribution in [0.3, 0.4) is 0 Å². The Balaban J connectivity index is 2.28. The molecule has 2 rings (SSSR count). The molecule has 0 fully saturated rings. The molecule has 2 aromatic rings. The van der Waals surface area contributed by atoms with Crippen molar-refractivity contribution in [3.63, 3.8) is 0 Å². The molecule has 17 heavy (non-hydrogen) atoms. The molecule has 0 bridgehead atoms. The number of halogens is 2. The number of carbonyl (C=O) groups excluding carboxylic acids is 1. The highest BCUT2D eigenvalue weighted by Gasteiger charge is 2.14. The minimum atomic E-state index is -0.945. The van der Waals surface area contributed by atoms with Crippen molar-refractivity contribution in [2.24, 2.45) is 5.73 Å². The minimum Gasteiger partial charge on any atom is -0.364 e. The Bertz CT molecular complexity index is 566. The molecular formula is C11H8F2N2O2. The Morgan fingerprint density at radius 3 is 2.76 bits per heavy atom.